The first-order valence-electron chi connectivity index (χ1n) is 10.3. The molecule has 0 saturated heterocycles. The molecule has 31 heavy (non-hydrogen) atoms. The Hall–Kier alpha value is -2.47. The summed E-state index contributed by atoms with van der Waals surface area (Å²) in [7, 11) is 2.18. The van der Waals surface area contributed by atoms with Crippen molar-refractivity contribution in [3.63, 3.8) is 0 Å². The molecule has 3 aromatic rings. The highest BCUT2D eigenvalue weighted by Gasteiger charge is 2.22. The van der Waals surface area contributed by atoms with E-state index in [0.29, 0.717) is 12.6 Å². The van der Waals surface area contributed by atoms with Crippen LogP contribution in [0.4, 0.5) is 0 Å². The van der Waals surface area contributed by atoms with E-state index in [1.165, 1.54) is 29.2 Å². The third kappa shape index (κ3) is 5.24. The molecule has 0 radical (unpaired) electrons. The van der Waals surface area contributed by atoms with Crippen LogP contribution in [-0.4, -0.2) is 33.9 Å². The highest BCUT2D eigenvalue weighted by Crippen LogP contribution is 2.24. The SMILES string of the molecule is CN(Cc1ccc(CNC(=O)c2c(Cl)cncc2Cl)cc1)C1CCc2cccnc2C1. The zero-order chi connectivity index (χ0) is 21.8. The summed E-state index contributed by atoms with van der Waals surface area (Å²) in [6.45, 7) is 1.27. The van der Waals surface area contributed by atoms with Crippen molar-refractivity contribution in [2.45, 2.75) is 38.4 Å². The van der Waals surface area contributed by atoms with E-state index in [1.807, 2.05) is 24.4 Å². The van der Waals surface area contributed by atoms with Gasteiger partial charge in [-0.1, -0.05) is 53.5 Å². The van der Waals surface area contributed by atoms with Gasteiger partial charge in [-0.15, -0.1) is 0 Å². The monoisotopic (exact) mass is 454 g/mol. The van der Waals surface area contributed by atoms with Crippen molar-refractivity contribution in [2.75, 3.05) is 7.05 Å². The Morgan fingerprint density at radius 2 is 1.84 bits per heavy atom. The Kier molecular flexibility index (Phi) is 6.86. The topological polar surface area (TPSA) is 58.1 Å². The molecule has 4 rings (SSSR count). The van der Waals surface area contributed by atoms with E-state index in [1.54, 1.807) is 0 Å². The summed E-state index contributed by atoms with van der Waals surface area (Å²) in [5.74, 6) is -0.313. The molecule has 1 amide bonds. The Morgan fingerprint density at radius 3 is 2.58 bits per heavy atom. The lowest BCUT2D eigenvalue weighted by Gasteiger charge is -2.32. The largest absolute Gasteiger partial charge is 0.348 e. The number of benzene rings is 1. The normalized spacial score (nSPS) is 15.5. The summed E-state index contributed by atoms with van der Waals surface area (Å²) >= 11 is 12.1. The first-order valence-corrected chi connectivity index (χ1v) is 11.0. The molecule has 7 heteroatoms. The smallest absolute Gasteiger partial charge is 0.254 e. The fourth-order valence-corrected chi connectivity index (χ4v) is 4.52. The zero-order valence-corrected chi connectivity index (χ0v) is 18.8. The number of aryl methyl sites for hydroxylation is 1. The first-order chi connectivity index (χ1) is 15.0. The van der Waals surface area contributed by atoms with Crippen LogP contribution >= 0.6 is 23.2 Å². The molecule has 5 nitrogen and oxygen atoms in total. The molecule has 0 fully saturated rings. The van der Waals surface area contributed by atoms with Gasteiger partial charge in [-0.3, -0.25) is 19.7 Å². The van der Waals surface area contributed by atoms with Gasteiger partial charge in [0.05, 0.1) is 15.6 Å². The minimum absolute atomic E-state index is 0.240. The Morgan fingerprint density at radius 1 is 1.13 bits per heavy atom. The van der Waals surface area contributed by atoms with Crippen LogP contribution in [0.2, 0.25) is 10.0 Å². The van der Waals surface area contributed by atoms with Crippen LogP contribution in [-0.2, 0) is 25.9 Å². The van der Waals surface area contributed by atoms with Gasteiger partial charge in [0.1, 0.15) is 0 Å². The number of nitrogens with one attached hydrogen (secondary N) is 1. The second kappa shape index (κ2) is 9.77. The Labute approximate surface area is 192 Å². The van der Waals surface area contributed by atoms with E-state index in [9.17, 15) is 4.79 Å². The molecular weight excluding hydrogens is 431 g/mol. The maximum atomic E-state index is 12.4. The van der Waals surface area contributed by atoms with Crippen LogP contribution in [0.25, 0.3) is 0 Å². The lowest BCUT2D eigenvalue weighted by molar-refractivity contribution is 0.0951. The molecule has 0 aliphatic heterocycles. The number of rotatable bonds is 6. The average molecular weight is 455 g/mol. The zero-order valence-electron chi connectivity index (χ0n) is 17.3. The quantitative estimate of drug-likeness (QED) is 0.586. The molecule has 1 unspecified atom stereocenters. The number of pyridine rings is 2. The molecule has 0 bridgehead atoms. The predicted molar refractivity (Wildman–Crippen MR) is 123 cm³/mol. The minimum atomic E-state index is -0.313. The fraction of sp³-hybridized carbons (Fsp3) is 0.292. The number of nitrogens with zero attached hydrogens (tertiary/aromatic N) is 3. The van der Waals surface area contributed by atoms with E-state index in [0.717, 1.165) is 31.4 Å². The van der Waals surface area contributed by atoms with Gasteiger partial charge in [0.15, 0.2) is 0 Å². The average Bonchev–Trinajstić information content (AvgIpc) is 2.78. The standard InChI is InChI=1S/C24H24Cl2N4O/c1-30(19-9-8-18-3-2-10-28-22(18)11-19)15-17-6-4-16(5-7-17)12-29-24(31)23-20(25)13-27-14-21(23)26/h2-7,10,13-14,19H,8-9,11-12,15H2,1H3,(H,29,31). The van der Waals surface area contributed by atoms with Gasteiger partial charge in [0, 0.05) is 49.8 Å². The van der Waals surface area contributed by atoms with Gasteiger partial charge in [-0.05, 0) is 42.6 Å². The van der Waals surface area contributed by atoms with Gasteiger partial charge >= 0.3 is 0 Å². The molecule has 1 aliphatic carbocycles. The van der Waals surface area contributed by atoms with E-state index < -0.39 is 0 Å². The van der Waals surface area contributed by atoms with Crippen molar-refractivity contribution in [2.24, 2.45) is 0 Å². The van der Waals surface area contributed by atoms with Crippen molar-refractivity contribution >= 4 is 29.1 Å². The van der Waals surface area contributed by atoms with Crippen molar-refractivity contribution in [3.8, 4) is 0 Å². The van der Waals surface area contributed by atoms with Crippen LogP contribution in [0, 0.1) is 0 Å². The van der Waals surface area contributed by atoms with Gasteiger partial charge in [-0.25, -0.2) is 0 Å². The number of aromatic nitrogens is 2. The summed E-state index contributed by atoms with van der Waals surface area (Å²) in [5.41, 5.74) is 5.11. The number of carbonyl (C=O) groups excluding carboxylic acids is 1. The van der Waals surface area contributed by atoms with Crippen molar-refractivity contribution in [3.05, 3.63) is 93.0 Å². The molecular formula is C24H24Cl2N4O. The molecule has 0 saturated carbocycles. The maximum Gasteiger partial charge on any atom is 0.254 e. The predicted octanol–water partition coefficient (Wildman–Crippen LogP) is 4.70. The van der Waals surface area contributed by atoms with E-state index in [-0.39, 0.29) is 21.5 Å². The molecule has 2 aromatic heterocycles. The fourth-order valence-electron chi connectivity index (χ4n) is 3.98. The number of likely N-dealkylation sites (N-methyl/N-ethyl adjacent to an activating group) is 1. The summed E-state index contributed by atoms with van der Waals surface area (Å²) in [6.07, 6.45) is 7.94. The summed E-state index contributed by atoms with van der Waals surface area (Å²) in [5, 5.41) is 3.34. The number of hydrogen-bond acceptors (Lipinski definition) is 4. The third-order valence-corrected chi connectivity index (χ3v) is 6.35. The van der Waals surface area contributed by atoms with E-state index in [2.05, 4.69) is 45.4 Å². The van der Waals surface area contributed by atoms with Crippen LogP contribution < -0.4 is 5.32 Å². The highest BCUT2D eigenvalue weighted by atomic mass is 35.5. The maximum absolute atomic E-state index is 12.4. The lowest BCUT2D eigenvalue weighted by Crippen LogP contribution is -2.36. The van der Waals surface area contributed by atoms with Gasteiger partial charge in [0.25, 0.3) is 5.91 Å². The minimum Gasteiger partial charge on any atom is -0.348 e. The van der Waals surface area contributed by atoms with Gasteiger partial charge in [-0.2, -0.15) is 0 Å². The van der Waals surface area contributed by atoms with E-state index >= 15 is 0 Å². The van der Waals surface area contributed by atoms with E-state index in [4.69, 9.17) is 23.2 Å². The molecule has 1 aliphatic rings. The number of amides is 1. The summed E-state index contributed by atoms with van der Waals surface area (Å²) < 4.78 is 0. The first kappa shape index (κ1) is 21.8. The second-order valence-electron chi connectivity index (χ2n) is 7.90. The molecule has 1 N–H and O–H groups in total. The lowest BCUT2D eigenvalue weighted by atomic mass is 9.91. The van der Waals surface area contributed by atoms with Crippen LogP contribution in [0.1, 0.15) is 39.2 Å². The number of halogens is 2. The molecule has 2 heterocycles. The highest BCUT2D eigenvalue weighted by molar-refractivity contribution is 6.39. The van der Waals surface area contributed by atoms with Gasteiger partial charge < -0.3 is 5.32 Å². The number of carbonyl (C=O) groups is 1. The van der Waals surface area contributed by atoms with Crippen molar-refractivity contribution in [1.82, 2.24) is 20.2 Å². The van der Waals surface area contributed by atoms with Gasteiger partial charge in [0.2, 0.25) is 0 Å². The number of fused-ring (bicyclic) bond motifs is 1. The Bertz CT molecular complexity index is 1050. The number of hydrogen-bond donors (Lipinski definition) is 1. The third-order valence-electron chi connectivity index (χ3n) is 5.77. The van der Waals surface area contributed by atoms with Crippen molar-refractivity contribution in [1.29, 1.82) is 0 Å². The van der Waals surface area contributed by atoms with Crippen LogP contribution in [0.15, 0.2) is 55.0 Å². The molecule has 1 aromatic carbocycles. The second-order valence-corrected chi connectivity index (χ2v) is 8.71. The summed E-state index contributed by atoms with van der Waals surface area (Å²) in [4.78, 5) is 23.2. The molecule has 1 atom stereocenters. The molecule has 0 spiro atoms. The Balaban J connectivity index is 1.32. The van der Waals surface area contributed by atoms with Crippen LogP contribution in [0.5, 0.6) is 0 Å². The van der Waals surface area contributed by atoms with Crippen LogP contribution in [0.3, 0.4) is 0 Å². The summed E-state index contributed by atoms with van der Waals surface area (Å²) in [6, 6.07) is 13.0. The van der Waals surface area contributed by atoms with Crippen molar-refractivity contribution < 1.29 is 4.79 Å². The molecule has 160 valence electrons.